The van der Waals surface area contributed by atoms with E-state index in [1.54, 1.807) is 54.6 Å². The molecule has 156 valence electrons. The van der Waals surface area contributed by atoms with Gasteiger partial charge < -0.3 is 14.6 Å². The van der Waals surface area contributed by atoms with Crippen LogP contribution in [0, 0.1) is 0 Å². The fourth-order valence-corrected chi connectivity index (χ4v) is 2.94. The van der Waals surface area contributed by atoms with Gasteiger partial charge in [-0.3, -0.25) is 4.79 Å². The van der Waals surface area contributed by atoms with Gasteiger partial charge in [0.15, 0.2) is 11.5 Å². The Labute approximate surface area is 182 Å². The van der Waals surface area contributed by atoms with Gasteiger partial charge in [-0.25, -0.2) is 5.43 Å². The monoisotopic (exact) mass is 436 g/mol. The summed E-state index contributed by atoms with van der Waals surface area (Å²) < 4.78 is 10.9. The minimum Gasteiger partial charge on any atom is -0.507 e. The lowest BCUT2D eigenvalue weighted by atomic mass is 10.2. The Morgan fingerprint density at radius 3 is 2.65 bits per heavy atom. The maximum absolute atomic E-state index is 12.3. The molecule has 3 aromatic rings. The minimum absolute atomic E-state index is 0.0194. The molecule has 0 aliphatic carbocycles. The molecule has 0 spiro atoms. The molecular weight excluding hydrogens is 420 g/mol. The van der Waals surface area contributed by atoms with E-state index in [-0.39, 0.29) is 5.75 Å². The predicted octanol–water partition coefficient (Wildman–Crippen LogP) is 5.00. The number of rotatable bonds is 5. The highest BCUT2D eigenvalue weighted by Gasteiger charge is 2.14. The highest BCUT2D eigenvalue weighted by atomic mass is 35.5. The molecule has 0 saturated carbocycles. The largest absolute Gasteiger partial charge is 0.507 e. The molecule has 2 N–H and O–H groups in total. The molecule has 0 unspecified atom stereocenters. The quantitative estimate of drug-likeness (QED) is 0.333. The van der Waals surface area contributed by atoms with E-state index in [2.05, 4.69) is 20.8 Å². The number of carbonyl (C=O) groups is 1. The first-order chi connectivity index (χ1) is 15.1. The zero-order chi connectivity index (χ0) is 21.6. The SMILES string of the molecule is O=C(N/N=C/c1cc(N=Nc2ccccc2Cl)ccc1O)c1ccc2c(c1)OCCO2. The number of halogens is 1. The molecule has 1 aliphatic heterocycles. The molecule has 1 aliphatic rings. The Hall–Kier alpha value is -3.91. The second-order valence-electron chi connectivity index (χ2n) is 6.45. The Balaban J connectivity index is 1.44. The van der Waals surface area contributed by atoms with Gasteiger partial charge in [-0.2, -0.15) is 10.2 Å². The van der Waals surface area contributed by atoms with Crippen LogP contribution in [0.5, 0.6) is 17.2 Å². The average Bonchev–Trinajstić information content (AvgIpc) is 2.80. The Kier molecular flexibility index (Phi) is 6.09. The molecule has 3 aromatic carbocycles. The van der Waals surface area contributed by atoms with E-state index in [4.69, 9.17) is 21.1 Å². The number of carbonyl (C=O) groups excluding carboxylic acids is 1. The van der Waals surface area contributed by atoms with Gasteiger partial charge in [-0.05, 0) is 48.5 Å². The van der Waals surface area contributed by atoms with Crippen molar-refractivity contribution in [1.82, 2.24) is 5.43 Å². The van der Waals surface area contributed by atoms with Gasteiger partial charge in [0.2, 0.25) is 0 Å². The average molecular weight is 437 g/mol. The van der Waals surface area contributed by atoms with E-state index in [1.165, 1.54) is 12.3 Å². The Morgan fingerprint density at radius 1 is 1.00 bits per heavy atom. The summed E-state index contributed by atoms with van der Waals surface area (Å²) in [6, 6.07) is 16.6. The molecule has 0 aromatic heterocycles. The third kappa shape index (κ3) is 4.99. The third-order valence-corrected chi connectivity index (χ3v) is 4.63. The number of fused-ring (bicyclic) bond motifs is 1. The minimum atomic E-state index is -0.428. The predicted molar refractivity (Wildman–Crippen MR) is 116 cm³/mol. The summed E-state index contributed by atoms with van der Waals surface area (Å²) in [7, 11) is 0. The van der Waals surface area contributed by atoms with Gasteiger partial charge in [0.25, 0.3) is 5.91 Å². The number of benzene rings is 3. The van der Waals surface area contributed by atoms with E-state index >= 15 is 0 Å². The van der Waals surface area contributed by atoms with Gasteiger partial charge in [0.05, 0.1) is 16.9 Å². The molecule has 0 atom stereocenters. The van der Waals surface area contributed by atoms with Crippen molar-refractivity contribution in [2.75, 3.05) is 13.2 Å². The van der Waals surface area contributed by atoms with E-state index in [9.17, 15) is 9.90 Å². The van der Waals surface area contributed by atoms with Crippen LogP contribution in [-0.4, -0.2) is 30.4 Å². The molecule has 1 amide bonds. The molecule has 4 rings (SSSR count). The number of azo groups is 1. The molecule has 0 bridgehead atoms. The van der Waals surface area contributed by atoms with Crippen LogP contribution < -0.4 is 14.9 Å². The lowest BCUT2D eigenvalue weighted by molar-refractivity contribution is 0.0954. The van der Waals surface area contributed by atoms with Gasteiger partial charge >= 0.3 is 0 Å². The summed E-state index contributed by atoms with van der Waals surface area (Å²) in [5, 5.41) is 22.7. The maximum Gasteiger partial charge on any atom is 0.271 e. The molecule has 0 saturated heterocycles. The molecule has 0 fully saturated rings. The van der Waals surface area contributed by atoms with Crippen molar-refractivity contribution in [1.29, 1.82) is 0 Å². The maximum atomic E-state index is 12.3. The first kappa shape index (κ1) is 20.4. The van der Waals surface area contributed by atoms with Gasteiger partial charge in [-0.15, -0.1) is 5.11 Å². The molecule has 8 nitrogen and oxygen atoms in total. The zero-order valence-electron chi connectivity index (χ0n) is 16.2. The van der Waals surface area contributed by atoms with Crippen molar-refractivity contribution in [3.8, 4) is 17.2 Å². The van der Waals surface area contributed by atoms with E-state index in [1.807, 2.05) is 0 Å². The summed E-state index contributed by atoms with van der Waals surface area (Å²) in [6.07, 6.45) is 1.32. The summed E-state index contributed by atoms with van der Waals surface area (Å²) in [6.45, 7) is 0.906. The highest BCUT2D eigenvalue weighted by Crippen LogP contribution is 2.31. The number of hydrogen-bond acceptors (Lipinski definition) is 7. The van der Waals surface area contributed by atoms with Crippen molar-refractivity contribution >= 4 is 35.1 Å². The second kappa shape index (κ2) is 9.27. The van der Waals surface area contributed by atoms with Crippen LogP contribution in [0.3, 0.4) is 0 Å². The summed E-state index contributed by atoms with van der Waals surface area (Å²) in [4.78, 5) is 12.3. The van der Waals surface area contributed by atoms with Crippen LogP contribution >= 0.6 is 11.6 Å². The number of ether oxygens (including phenoxy) is 2. The number of nitrogens with one attached hydrogen (secondary N) is 1. The number of aromatic hydroxyl groups is 1. The van der Waals surface area contributed by atoms with Gasteiger partial charge in [0, 0.05) is 11.1 Å². The smallest absolute Gasteiger partial charge is 0.271 e. The number of hydrogen-bond donors (Lipinski definition) is 2. The lowest BCUT2D eigenvalue weighted by Gasteiger charge is -2.18. The number of nitrogens with zero attached hydrogens (tertiary/aromatic N) is 3. The first-order valence-corrected chi connectivity index (χ1v) is 9.70. The van der Waals surface area contributed by atoms with E-state index in [0.29, 0.717) is 52.2 Å². The van der Waals surface area contributed by atoms with Gasteiger partial charge in [0.1, 0.15) is 24.7 Å². The third-order valence-electron chi connectivity index (χ3n) is 4.31. The Bertz CT molecular complexity index is 1180. The van der Waals surface area contributed by atoms with Crippen molar-refractivity contribution in [2.24, 2.45) is 15.3 Å². The normalized spacial score (nSPS) is 12.9. The van der Waals surface area contributed by atoms with Crippen LogP contribution in [0.4, 0.5) is 11.4 Å². The van der Waals surface area contributed by atoms with Crippen molar-refractivity contribution in [3.05, 3.63) is 76.8 Å². The van der Waals surface area contributed by atoms with Crippen LogP contribution in [0.2, 0.25) is 5.02 Å². The molecule has 31 heavy (non-hydrogen) atoms. The van der Waals surface area contributed by atoms with Crippen molar-refractivity contribution in [3.63, 3.8) is 0 Å². The topological polar surface area (TPSA) is 105 Å². The summed E-state index contributed by atoms with van der Waals surface area (Å²) in [5.74, 6) is 0.660. The van der Waals surface area contributed by atoms with E-state index in [0.717, 1.165) is 0 Å². The summed E-state index contributed by atoms with van der Waals surface area (Å²) >= 11 is 6.06. The summed E-state index contributed by atoms with van der Waals surface area (Å²) in [5.41, 5.74) is 4.16. The number of phenols is 1. The highest BCUT2D eigenvalue weighted by molar-refractivity contribution is 6.32. The van der Waals surface area contributed by atoms with Crippen LogP contribution in [0.1, 0.15) is 15.9 Å². The van der Waals surface area contributed by atoms with Crippen molar-refractivity contribution < 1.29 is 19.4 Å². The molecule has 1 heterocycles. The second-order valence-corrected chi connectivity index (χ2v) is 6.86. The molecule has 9 heteroatoms. The number of hydrazone groups is 1. The fourth-order valence-electron chi connectivity index (χ4n) is 2.76. The fraction of sp³-hybridized carbons (Fsp3) is 0.0909. The number of amides is 1. The van der Waals surface area contributed by atoms with Gasteiger partial charge in [-0.1, -0.05) is 23.7 Å². The molecule has 0 radical (unpaired) electrons. The van der Waals surface area contributed by atoms with Crippen molar-refractivity contribution in [2.45, 2.75) is 0 Å². The lowest BCUT2D eigenvalue weighted by Crippen LogP contribution is -2.19. The Morgan fingerprint density at radius 2 is 1.81 bits per heavy atom. The van der Waals surface area contributed by atoms with E-state index < -0.39 is 5.91 Å². The number of phenolic OH excluding ortho intramolecular Hbond substituents is 1. The van der Waals surface area contributed by atoms with Crippen LogP contribution in [0.25, 0.3) is 0 Å². The standard InChI is InChI=1S/C22H17ClN4O4/c23-17-3-1-2-4-18(17)26-25-16-6-7-19(28)15(11-16)13-24-27-22(29)14-5-8-20-21(12-14)31-10-9-30-20/h1-8,11-13,28H,9-10H2,(H,27,29)/b24-13+,26-25?. The molecular formula is C22H17ClN4O4. The first-order valence-electron chi connectivity index (χ1n) is 9.32. The van der Waals surface area contributed by atoms with Crippen LogP contribution in [0.15, 0.2) is 76.0 Å². The van der Waals surface area contributed by atoms with Crippen LogP contribution in [-0.2, 0) is 0 Å². The zero-order valence-corrected chi connectivity index (χ0v) is 16.9.